The van der Waals surface area contributed by atoms with Gasteiger partial charge in [0.1, 0.15) is 12.4 Å². The van der Waals surface area contributed by atoms with Crippen molar-refractivity contribution in [1.29, 1.82) is 0 Å². The molecule has 2 heterocycles. The van der Waals surface area contributed by atoms with Crippen LogP contribution >= 0.6 is 22.9 Å². The van der Waals surface area contributed by atoms with Crippen molar-refractivity contribution >= 4 is 34.7 Å². The average Bonchev–Trinajstić information content (AvgIpc) is 3.35. The lowest BCUT2D eigenvalue weighted by atomic mass is 9.83. The quantitative estimate of drug-likeness (QED) is 0.195. The van der Waals surface area contributed by atoms with Crippen LogP contribution in [0.1, 0.15) is 47.2 Å². The Morgan fingerprint density at radius 2 is 1.77 bits per heavy atom. The predicted molar refractivity (Wildman–Crippen MR) is 173 cm³/mol. The molecule has 1 atom stereocenters. The van der Waals surface area contributed by atoms with Gasteiger partial charge >= 0.3 is 0 Å². The van der Waals surface area contributed by atoms with Crippen LogP contribution in [-0.2, 0) is 13.0 Å². The maximum absolute atomic E-state index is 14.1. The van der Waals surface area contributed by atoms with Crippen LogP contribution in [0.25, 0.3) is 11.8 Å². The van der Waals surface area contributed by atoms with Gasteiger partial charge in [-0.2, -0.15) is 0 Å². The molecule has 0 fully saturated rings. The highest BCUT2D eigenvalue weighted by atomic mass is 35.5. The second-order valence-corrected chi connectivity index (χ2v) is 12.2. The van der Waals surface area contributed by atoms with Crippen LogP contribution in [0.15, 0.2) is 106 Å². The second kappa shape index (κ2) is 11.9. The van der Waals surface area contributed by atoms with Gasteiger partial charge in [0.15, 0.2) is 16.3 Å². The van der Waals surface area contributed by atoms with Gasteiger partial charge in [-0.25, -0.2) is 9.38 Å². The number of hydrogen-bond donors (Lipinski definition) is 0. The number of ether oxygens (including phenoxy) is 2. The molecule has 0 unspecified atom stereocenters. The molecule has 1 aliphatic carbocycles. The fourth-order valence-electron chi connectivity index (χ4n) is 5.86. The molecule has 1 aliphatic heterocycles. The molecule has 0 saturated carbocycles. The highest BCUT2D eigenvalue weighted by molar-refractivity contribution is 7.07. The molecule has 0 radical (unpaired) electrons. The highest BCUT2D eigenvalue weighted by Crippen LogP contribution is 2.41. The molecule has 1 aromatic heterocycles. The monoisotopic (exact) mass is 622 g/mol. The minimum atomic E-state index is -0.361. The van der Waals surface area contributed by atoms with E-state index in [1.165, 1.54) is 29.0 Å². The third-order valence-electron chi connectivity index (χ3n) is 7.93. The van der Waals surface area contributed by atoms with E-state index < -0.39 is 0 Å². The van der Waals surface area contributed by atoms with Crippen LogP contribution in [0.5, 0.6) is 11.5 Å². The van der Waals surface area contributed by atoms with Crippen molar-refractivity contribution in [2.45, 2.75) is 32.4 Å². The van der Waals surface area contributed by atoms with E-state index in [4.69, 9.17) is 26.1 Å². The molecule has 8 heteroatoms. The highest BCUT2D eigenvalue weighted by Gasteiger charge is 2.32. The Morgan fingerprint density at radius 1 is 0.977 bits per heavy atom. The Morgan fingerprint density at radius 3 is 2.57 bits per heavy atom. The first-order valence-electron chi connectivity index (χ1n) is 14.5. The molecule has 0 spiro atoms. The van der Waals surface area contributed by atoms with Gasteiger partial charge in [0.05, 0.1) is 22.9 Å². The lowest BCUT2D eigenvalue weighted by molar-refractivity contribution is 0.269. The van der Waals surface area contributed by atoms with Crippen molar-refractivity contribution in [3.05, 3.63) is 155 Å². The number of benzene rings is 4. The zero-order chi connectivity index (χ0) is 30.2. The molecular weight excluding hydrogens is 595 g/mol. The van der Waals surface area contributed by atoms with Gasteiger partial charge in [-0.1, -0.05) is 77.5 Å². The molecule has 5 aromatic rings. The molecule has 5 nitrogen and oxygen atoms in total. The lowest BCUT2D eigenvalue weighted by Gasteiger charge is -2.30. The van der Waals surface area contributed by atoms with E-state index in [9.17, 15) is 9.18 Å². The number of thiazole rings is 1. The number of fused-ring (bicyclic) bond motifs is 3. The third kappa shape index (κ3) is 5.38. The molecule has 0 bridgehead atoms. The summed E-state index contributed by atoms with van der Waals surface area (Å²) < 4.78 is 28.3. The molecule has 0 saturated heterocycles. The van der Waals surface area contributed by atoms with Crippen LogP contribution in [0.2, 0.25) is 5.02 Å². The summed E-state index contributed by atoms with van der Waals surface area (Å²) in [6, 6.07) is 27.5. The summed E-state index contributed by atoms with van der Waals surface area (Å²) in [6.45, 7) is 2.75. The fraction of sp³-hybridized carbons (Fsp3) is 0.167. The molecule has 4 aromatic carbocycles. The molecule has 0 N–H and O–H groups in total. The molecule has 2 aliphatic rings. The summed E-state index contributed by atoms with van der Waals surface area (Å²) in [7, 11) is 0. The Bertz CT molecular complexity index is 2080. The summed E-state index contributed by atoms with van der Waals surface area (Å²) in [4.78, 5) is 19.8. The Labute approximate surface area is 262 Å². The number of halogens is 2. The summed E-state index contributed by atoms with van der Waals surface area (Å²) in [6.07, 6.45) is 3.50. The van der Waals surface area contributed by atoms with Crippen LogP contribution in [0.3, 0.4) is 0 Å². The van der Waals surface area contributed by atoms with Gasteiger partial charge in [0.2, 0.25) is 0 Å². The van der Waals surface area contributed by atoms with E-state index in [-0.39, 0.29) is 17.4 Å². The molecular formula is C36H28ClFN2O3S. The largest absolute Gasteiger partial charge is 0.490 e. The van der Waals surface area contributed by atoms with E-state index in [1.807, 2.05) is 67.6 Å². The fourth-order valence-corrected chi connectivity index (χ4v) is 6.99. The minimum Gasteiger partial charge on any atom is -0.490 e. The number of aromatic nitrogens is 1. The van der Waals surface area contributed by atoms with Gasteiger partial charge in [-0.3, -0.25) is 9.36 Å². The third-order valence-corrected chi connectivity index (χ3v) is 9.17. The summed E-state index contributed by atoms with van der Waals surface area (Å²) >= 11 is 7.37. The van der Waals surface area contributed by atoms with Crippen molar-refractivity contribution in [3.63, 3.8) is 0 Å². The van der Waals surface area contributed by atoms with E-state index >= 15 is 0 Å². The number of hydrogen-bond acceptors (Lipinski definition) is 5. The van der Waals surface area contributed by atoms with Crippen molar-refractivity contribution in [2.75, 3.05) is 6.61 Å². The maximum Gasteiger partial charge on any atom is 0.271 e. The predicted octanol–water partition coefficient (Wildman–Crippen LogP) is 7.09. The molecule has 7 rings (SSSR count). The van der Waals surface area contributed by atoms with Gasteiger partial charge in [-0.15, -0.1) is 0 Å². The van der Waals surface area contributed by atoms with Gasteiger partial charge in [0.25, 0.3) is 5.56 Å². The van der Waals surface area contributed by atoms with E-state index in [2.05, 4.69) is 12.1 Å². The Balaban J connectivity index is 1.30. The zero-order valence-electron chi connectivity index (χ0n) is 23.9. The first-order chi connectivity index (χ1) is 21.5. The van der Waals surface area contributed by atoms with Crippen molar-refractivity contribution in [3.8, 4) is 11.5 Å². The standard InChI is InChI=1S/C36H28ClFN2O3S/c1-2-42-31-19-23(9-18-30(31)43-21-22-7-13-26(37)14-8-22)20-32-35(41)40-34(25-10-15-27(38)16-11-25)29-17-12-24-5-3-4-6-28(24)33(29)39-36(40)44-32/h3-11,13-16,18-20,34H,2,12,17,21H2,1H3/b32-20-/t34-/m1/s1. The maximum atomic E-state index is 14.1. The SMILES string of the molecule is CCOc1cc(/C=c2\sc3n(c2=O)[C@H](c2ccc(F)cc2)C2=C(N=3)c3ccccc3CC2)ccc1OCc1ccc(Cl)cc1. The minimum absolute atomic E-state index is 0.130. The first-order valence-corrected chi connectivity index (χ1v) is 15.7. The molecule has 44 heavy (non-hydrogen) atoms. The van der Waals surface area contributed by atoms with Crippen molar-refractivity contribution < 1.29 is 13.9 Å². The van der Waals surface area contributed by atoms with E-state index in [0.29, 0.717) is 39.1 Å². The smallest absolute Gasteiger partial charge is 0.271 e. The van der Waals surface area contributed by atoms with Gasteiger partial charge in [0, 0.05) is 10.6 Å². The van der Waals surface area contributed by atoms with Crippen LogP contribution in [-0.4, -0.2) is 11.2 Å². The molecule has 220 valence electrons. The summed E-state index contributed by atoms with van der Waals surface area (Å²) in [5.74, 6) is 0.900. The number of aryl methyl sites for hydroxylation is 1. The number of nitrogens with zero attached hydrogens (tertiary/aromatic N) is 2. The van der Waals surface area contributed by atoms with Gasteiger partial charge in [-0.05, 0) is 90.1 Å². The number of rotatable bonds is 7. The van der Waals surface area contributed by atoms with Crippen LogP contribution < -0.4 is 24.4 Å². The van der Waals surface area contributed by atoms with E-state index in [0.717, 1.165) is 46.4 Å². The van der Waals surface area contributed by atoms with Gasteiger partial charge < -0.3 is 9.47 Å². The van der Waals surface area contributed by atoms with Crippen LogP contribution in [0.4, 0.5) is 4.39 Å². The van der Waals surface area contributed by atoms with Crippen molar-refractivity contribution in [1.82, 2.24) is 4.57 Å². The normalized spacial score (nSPS) is 15.7. The Kier molecular flexibility index (Phi) is 7.66. The Hall–Kier alpha value is -4.46. The zero-order valence-corrected chi connectivity index (χ0v) is 25.5. The average molecular weight is 623 g/mol. The summed E-state index contributed by atoms with van der Waals surface area (Å²) in [5, 5.41) is 0.673. The van der Waals surface area contributed by atoms with E-state index in [1.54, 1.807) is 16.7 Å². The first kappa shape index (κ1) is 28.3. The summed E-state index contributed by atoms with van der Waals surface area (Å²) in [5.41, 5.74) is 6.86. The van der Waals surface area contributed by atoms with Crippen LogP contribution in [0, 0.1) is 5.82 Å². The topological polar surface area (TPSA) is 52.8 Å². The second-order valence-electron chi connectivity index (χ2n) is 10.7. The molecule has 0 amide bonds. The lowest BCUT2D eigenvalue weighted by Crippen LogP contribution is -2.38. The van der Waals surface area contributed by atoms with Crippen molar-refractivity contribution in [2.24, 2.45) is 4.99 Å². The number of allylic oxidation sites excluding steroid dienone is 1.